The maximum atomic E-state index is 12.6. The lowest BCUT2D eigenvalue weighted by Crippen LogP contribution is -2.48. The van der Waals surface area contributed by atoms with Crippen molar-refractivity contribution in [2.24, 2.45) is 5.41 Å². The van der Waals surface area contributed by atoms with E-state index in [0.29, 0.717) is 11.4 Å². The average Bonchev–Trinajstić information content (AvgIpc) is 2.97. The smallest absolute Gasteiger partial charge is 0.226 e. The zero-order valence-corrected chi connectivity index (χ0v) is 12.8. The van der Waals surface area contributed by atoms with Crippen LogP contribution in [0.25, 0.3) is 0 Å². The maximum Gasteiger partial charge on any atom is 0.226 e. The topological polar surface area (TPSA) is 69.6 Å². The molecule has 116 valence electrons. The number of aliphatic hydroxyl groups is 2. The van der Waals surface area contributed by atoms with Gasteiger partial charge in [0.1, 0.15) is 0 Å². The highest BCUT2D eigenvalue weighted by atomic mass is 35.5. The zero-order valence-electron chi connectivity index (χ0n) is 12.0. The molecule has 1 aliphatic carbocycles. The van der Waals surface area contributed by atoms with E-state index in [2.05, 4.69) is 5.32 Å². The molecule has 1 aromatic carbocycles. The summed E-state index contributed by atoms with van der Waals surface area (Å²) in [5.41, 5.74) is 0.650. The van der Waals surface area contributed by atoms with Gasteiger partial charge in [-0.15, -0.1) is 0 Å². The zero-order chi connectivity index (χ0) is 15.3. The van der Waals surface area contributed by atoms with Crippen molar-refractivity contribution in [1.82, 2.24) is 5.32 Å². The molecule has 1 fully saturated rings. The summed E-state index contributed by atoms with van der Waals surface area (Å²) in [7, 11) is 0. The molecule has 2 rings (SSSR count). The van der Waals surface area contributed by atoms with E-state index in [9.17, 15) is 4.79 Å². The molecule has 0 spiro atoms. The van der Waals surface area contributed by atoms with E-state index < -0.39 is 11.5 Å². The Balaban J connectivity index is 2.12. The minimum atomic E-state index is -0.583. The Bertz CT molecular complexity index is 465. The monoisotopic (exact) mass is 311 g/mol. The van der Waals surface area contributed by atoms with E-state index in [1.165, 1.54) is 0 Å². The average molecular weight is 312 g/mol. The van der Waals surface area contributed by atoms with Crippen LogP contribution in [0.15, 0.2) is 24.3 Å². The summed E-state index contributed by atoms with van der Waals surface area (Å²) >= 11 is 5.90. The first-order chi connectivity index (χ1) is 10.1. The third-order valence-corrected chi connectivity index (χ3v) is 4.53. The third kappa shape index (κ3) is 3.96. The molecule has 0 bridgehead atoms. The molecular formula is C16H22ClNO3. The molecule has 5 heteroatoms. The highest BCUT2D eigenvalue weighted by molar-refractivity contribution is 6.30. The summed E-state index contributed by atoms with van der Waals surface area (Å²) < 4.78 is 0. The number of carbonyl (C=O) groups is 1. The minimum absolute atomic E-state index is 0.0666. The molecule has 3 N–H and O–H groups in total. The maximum absolute atomic E-state index is 12.6. The Morgan fingerprint density at radius 1 is 1.19 bits per heavy atom. The SMILES string of the molecule is O=C(NC(CO)CO)C1(Cc2ccc(Cl)cc2)CCCC1. The molecule has 4 nitrogen and oxygen atoms in total. The van der Waals surface area contributed by atoms with Gasteiger partial charge in [-0.3, -0.25) is 4.79 Å². The van der Waals surface area contributed by atoms with Gasteiger partial charge in [-0.2, -0.15) is 0 Å². The second-order valence-electron chi connectivity index (χ2n) is 5.83. The number of hydrogen-bond acceptors (Lipinski definition) is 3. The summed E-state index contributed by atoms with van der Waals surface area (Å²) in [6.45, 7) is -0.501. The van der Waals surface area contributed by atoms with Gasteiger partial charge in [-0.05, 0) is 37.0 Å². The summed E-state index contributed by atoms with van der Waals surface area (Å²) in [6, 6.07) is 6.99. The van der Waals surface area contributed by atoms with E-state index in [0.717, 1.165) is 31.2 Å². The van der Waals surface area contributed by atoms with Gasteiger partial charge in [0.15, 0.2) is 0 Å². The van der Waals surface area contributed by atoms with Gasteiger partial charge in [0.2, 0.25) is 5.91 Å². The van der Waals surface area contributed by atoms with Crippen LogP contribution in [0.4, 0.5) is 0 Å². The van der Waals surface area contributed by atoms with Gasteiger partial charge in [-0.1, -0.05) is 36.6 Å². The quantitative estimate of drug-likeness (QED) is 0.751. The lowest BCUT2D eigenvalue weighted by atomic mass is 9.79. The fourth-order valence-electron chi connectivity index (χ4n) is 3.02. The van der Waals surface area contributed by atoms with E-state index >= 15 is 0 Å². The van der Waals surface area contributed by atoms with Crippen LogP contribution in [-0.4, -0.2) is 35.4 Å². The van der Waals surface area contributed by atoms with Gasteiger partial charge in [0, 0.05) is 5.02 Å². The van der Waals surface area contributed by atoms with Crippen LogP contribution >= 0.6 is 11.6 Å². The highest BCUT2D eigenvalue weighted by Crippen LogP contribution is 2.41. The van der Waals surface area contributed by atoms with E-state index in [1.807, 2.05) is 24.3 Å². The molecule has 1 aromatic rings. The number of benzene rings is 1. The van der Waals surface area contributed by atoms with Crippen LogP contribution in [0.3, 0.4) is 0 Å². The van der Waals surface area contributed by atoms with E-state index in [-0.39, 0.29) is 19.1 Å². The Morgan fingerprint density at radius 2 is 1.76 bits per heavy atom. The lowest BCUT2D eigenvalue weighted by molar-refractivity contribution is -0.132. The van der Waals surface area contributed by atoms with Crippen molar-refractivity contribution in [2.75, 3.05) is 13.2 Å². The van der Waals surface area contributed by atoms with Crippen molar-refractivity contribution in [2.45, 2.75) is 38.1 Å². The lowest BCUT2D eigenvalue weighted by Gasteiger charge is -2.29. The van der Waals surface area contributed by atoms with Gasteiger partial charge in [0.25, 0.3) is 0 Å². The summed E-state index contributed by atoms with van der Waals surface area (Å²) in [4.78, 5) is 12.6. The van der Waals surface area contributed by atoms with Gasteiger partial charge in [0.05, 0.1) is 24.7 Å². The molecule has 0 aromatic heterocycles. The minimum Gasteiger partial charge on any atom is -0.394 e. The number of carbonyl (C=O) groups excluding carboxylic acids is 1. The normalized spacial score (nSPS) is 17.1. The van der Waals surface area contributed by atoms with Gasteiger partial charge in [-0.25, -0.2) is 0 Å². The number of halogens is 1. The Morgan fingerprint density at radius 3 is 2.29 bits per heavy atom. The Hall–Kier alpha value is -1.10. The highest BCUT2D eigenvalue weighted by Gasteiger charge is 2.41. The molecule has 0 aliphatic heterocycles. The summed E-state index contributed by atoms with van der Waals surface area (Å²) in [6.07, 6.45) is 4.41. The first kappa shape index (κ1) is 16.3. The molecule has 1 aliphatic rings. The third-order valence-electron chi connectivity index (χ3n) is 4.27. The van der Waals surface area contributed by atoms with Gasteiger partial charge < -0.3 is 15.5 Å². The van der Waals surface area contributed by atoms with Crippen molar-refractivity contribution in [3.05, 3.63) is 34.9 Å². The Labute approximate surface area is 130 Å². The van der Waals surface area contributed by atoms with Crippen LogP contribution in [-0.2, 0) is 11.2 Å². The first-order valence-corrected chi connectivity index (χ1v) is 7.74. The van der Waals surface area contributed by atoms with Crippen LogP contribution < -0.4 is 5.32 Å². The molecular weight excluding hydrogens is 290 g/mol. The van der Waals surface area contributed by atoms with Crippen molar-refractivity contribution < 1.29 is 15.0 Å². The molecule has 0 unspecified atom stereocenters. The van der Waals surface area contributed by atoms with Crippen molar-refractivity contribution in [1.29, 1.82) is 0 Å². The molecule has 21 heavy (non-hydrogen) atoms. The molecule has 0 radical (unpaired) electrons. The van der Waals surface area contributed by atoms with Gasteiger partial charge >= 0.3 is 0 Å². The molecule has 1 saturated carbocycles. The fourth-order valence-corrected chi connectivity index (χ4v) is 3.14. The predicted octanol–water partition coefficient (Wildman–Crippen LogP) is 1.91. The standard InChI is InChI=1S/C16H22ClNO3/c17-13-5-3-12(4-6-13)9-16(7-1-2-8-16)15(21)18-14(10-19)11-20/h3-6,14,19-20H,1-2,7-11H2,(H,18,21). The molecule has 0 atom stereocenters. The van der Waals surface area contributed by atoms with E-state index in [4.69, 9.17) is 21.8 Å². The van der Waals surface area contributed by atoms with Crippen LogP contribution in [0.2, 0.25) is 5.02 Å². The fraction of sp³-hybridized carbons (Fsp3) is 0.562. The largest absolute Gasteiger partial charge is 0.394 e. The predicted molar refractivity (Wildman–Crippen MR) is 82.2 cm³/mol. The summed E-state index contributed by atoms with van der Waals surface area (Å²) in [5.74, 6) is -0.0666. The number of nitrogens with one attached hydrogen (secondary N) is 1. The molecule has 1 amide bonds. The van der Waals surface area contributed by atoms with Crippen molar-refractivity contribution in [3.63, 3.8) is 0 Å². The van der Waals surface area contributed by atoms with Crippen LogP contribution in [0, 0.1) is 5.41 Å². The first-order valence-electron chi connectivity index (χ1n) is 7.37. The van der Waals surface area contributed by atoms with Crippen molar-refractivity contribution in [3.8, 4) is 0 Å². The molecule has 0 saturated heterocycles. The molecule has 0 heterocycles. The van der Waals surface area contributed by atoms with E-state index in [1.54, 1.807) is 0 Å². The Kier molecular flexibility index (Phi) is 5.62. The van der Waals surface area contributed by atoms with Crippen molar-refractivity contribution >= 4 is 17.5 Å². The number of aliphatic hydroxyl groups excluding tert-OH is 2. The number of amides is 1. The van der Waals surface area contributed by atoms with Crippen LogP contribution in [0.1, 0.15) is 31.2 Å². The second kappa shape index (κ2) is 7.25. The number of rotatable bonds is 6. The summed E-state index contributed by atoms with van der Waals surface area (Å²) in [5, 5.41) is 21.7. The van der Waals surface area contributed by atoms with Crippen LogP contribution in [0.5, 0.6) is 0 Å². The number of hydrogen-bond donors (Lipinski definition) is 3. The second-order valence-corrected chi connectivity index (χ2v) is 6.26.